The maximum atomic E-state index is 12.7. The molecule has 0 aliphatic carbocycles. The van der Waals surface area contributed by atoms with Gasteiger partial charge >= 0.3 is 0 Å². The molecule has 6 heteroatoms. The first-order valence-electron chi connectivity index (χ1n) is 10.9. The van der Waals surface area contributed by atoms with Crippen LogP contribution in [0.5, 0.6) is 0 Å². The van der Waals surface area contributed by atoms with E-state index in [2.05, 4.69) is 17.6 Å². The Balaban J connectivity index is 1.82. The van der Waals surface area contributed by atoms with Crippen LogP contribution in [0.2, 0.25) is 0 Å². The van der Waals surface area contributed by atoms with Gasteiger partial charge in [0.2, 0.25) is 17.7 Å². The van der Waals surface area contributed by atoms with Crippen molar-refractivity contribution in [3.05, 3.63) is 29.8 Å². The average Bonchev–Trinajstić information content (AvgIpc) is 2.70. The van der Waals surface area contributed by atoms with E-state index in [1.54, 1.807) is 4.90 Å². The molecule has 1 heterocycles. The molecule has 2 N–H and O–H groups in total. The van der Waals surface area contributed by atoms with Gasteiger partial charge in [0.25, 0.3) is 0 Å². The summed E-state index contributed by atoms with van der Waals surface area (Å²) in [7, 11) is 0. The van der Waals surface area contributed by atoms with Gasteiger partial charge in [0.15, 0.2) is 0 Å². The number of anilines is 1. The van der Waals surface area contributed by atoms with Gasteiger partial charge in [-0.3, -0.25) is 14.4 Å². The standard InChI is InChI=1S/C23H35N3O3/c1-3-4-5-6-7-8-9-10-22(28)26-16-15-24-23(29)20(26)17-21(27)25-19-13-11-18(2)12-14-19/h11-14,20H,3-10,15-17H2,1-2H3,(H,24,29)(H,25,27)/t20-/m1/s1. The summed E-state index contributed by atoms with van der Waals surface area (Å²) in [5.41, 5.74) is 1.80. The third-order valence-corrected chi connectivity index (χ3v) is 5.36. The summed E-state index contributed by atoms with van der Waals surface area (Å²) < 4.78 is 0. The number of piperazine rings is 1. The van der Waals surface area contributed by atoms with Gasteiger partial charge in [0.05, 0.1) is 6.42 Å². The van der Waals surface area contributed by atoms with Gasteiger partial charge in [-0.25, -0.2) is 0 Å². The summed E-state index contributed by atoms with van der Waals surface area (Å²) in [4.78, 5) is 39.0. The fourth-order valence-corrected chi connectivity index (χ4v) is 3.62. The summed E-state index contributed by atoms with van der Waals surface area (Å²) in [6, 6.07) is 6.77. The van der Waals surface area contributed by atoms with Crippen molar-refractivity contribution in [2.24, 2.45) is 0 Å². The van der Waals surface area contributed by atoms with E-state index in [0.717, 1.165) is 24.8 Å². The van der Waals surface area contributed by atoms with Crippen molar-refractivity contribution < 1.29 is 14.4 Å². The molecule has 0 radical (unpaired) electrons. The van der Waals surface area contributed by atoms with Crippen molar-refractivity contribution in [3.8, 4) is 0 Å². The molecule has 0 aromatic heterocycles. The van der Waals surface area contributed by atoms with Crippen molar-refractivity contribution in [2.45, 2.75) is 77.7 Å². The Bertz CT molecular complexity index is 672. The minimum Gasteiger partial charge on any atom is -0.353 e. The molecule has 1 aliphatic rings. The molecule has 0 spiro atoms. The van der Waals surface area contributed by atoms with Crippen LogP contribution in [0.15, 0.2) is 24.3 Å². The van der Waals surface area contributed by atoms with Crippen LogP contribution in [0.3, 0.4) is 0 Å². The molecule has 1 aromatic carbocycles. The van der Waals surface area contributed by atoms with E-state index in [4.69, 9.17) is 0 Å². The molecule has 0 bridgehead atoms. The quantitative estimate of drug-likeness (QED) is 0.554. The van der Waals surface area contributed by atoms with Gasteiger partial charge in [-0.15, -0.1) is 0 Å². The number of carbonyl (C=O) groups is 3. The SMILES string of the molecule is CCCCCCCCCC(=O)N1CCNC(=O)[C@H]1CC(=O)Nc1ccc(C)cc1. The van der Waals surface area contributed by atoms with Crippen molar-refractivity contribution in [1.82, 2.24) is 10.2 Å². The predicted molar refractivity (Wildman–Crippen MR) is 116 cm³/mol. The van der Waals surface area contributed by atoms with E-state index >= 15 is 0 Å². The normalized spacial score (nSPS) is 16.4. The van der Waals surface area contributed by atoms with Crippen molar-refractivity contribution >= 4 is 23.4 Å². The molecular weight excluding hydrogens is 366 g/mol. The highest BCUT2D eigenvalue weighted by Crippen LogP contribution is 2.16. The van der Waals surface area contributed by atoms with Gasteiger partial charge in [0, 0.05) is 25.2 Å². The van der Waals surface area contributed by atoms with E-state index in [1.807, 2.05) is 31.2 Å². The Morgan fingerprint density at radius 2 is 1.72 bits per heavy atom. The molecule has 2 rings (SSSR count). The summed E-state index contributed by atoms with van der Waals surface area (Å²) in [5.74, 6) is -0.533. The van der Waals surface area contributed by atoms with Crippen LogP contribution >= 0.6 is 0 Å². The maximum Gasteiger partial charge on any atom is 0.243 e. The number of rotatable bonds is 11. The second-order valence-corrected chi connectivity index (χ2v) is 7.88. The van der Waals surface area contributed by atoms with E-state index in [0.29, 0.717) is 25.2 Å². The summed E-state index contributed by atoms with van der Waals surface area (Å²) in [6.45, 7) is 5.08. The van der Waals surface area contributed by atoms with Gasteiger partial charge in [-0.2, -0.15) is 0 Å². The third kappa shape index (κ3) is 7.87. The van der Waals surface area contributed by atoms with Gasteiger partial charge in [-0.1, -0.05) is 63.1 Å². The molecule has 29 heavy (non-hydrogen) atoms. The minimum absolute atomic E-state index is 0.0253. The number of amides is 3. The molecule has 3 amide bonds. The Kier molecular flexibility index (Phi) is 9.68. The average molecular weight is 402 g/mol. The predicted octanol–water partition coefficient (Wildman–Crippen LogP) is 3.79. The molecule has 0 unspecified atom stereocenters. The number of hydrogen-bond donors (Lipinski definition) is 2. The molecule has 1 aliphatic heterocycles. The molecule has 1 atom stereocenters. The van der Waals surface area contributed by atoms with Gasteiger partial charge in [0.1, 0.15) is 6.04 Å². The van der Waals surface area contributed by atoms with E-state index in [9.17, 15) is 14.4 Å². The fraction of sp³-hybridized carbons (Fsp3) is 0.609. The van der Waals surface area contributed by atoms with Crippen LogP contribution in [0.1, 0.15) is 70.3 Å². The van der Waals surface area contributed by atoms with Gasteiger partial charge < -0.3 is 15.5 Å². The number of nitrogens with zero attached hydrogens (tertiary/aromatic N) is 1. The van der Waals surface area contributed by atoms with Crippen molar-refractivity contribution in [3.63, 3.8) is 0 Å². The number of carbonyl (C=O) groups excluding carboxylic acids is 3. The number of aryl methyl sites for hydroxylation is 1. The zero-order valence-corrected chi connectivity index (χ0v) is 17.8. The monoisotopic (exact) mass is 401 g/mol. The Morgan fingerprint density at radius 1 is 1.07 bits per heavy atom. The zero-order valence-electron chi connectivity index (χ0n) is 17.8. The molecular formula is C23H35N3O3. The highest BCUT2D eigenvalue weighted by molar-refractivity contribution is 5.97. The van der Waals surface area contributed by atoms with Crippen LogP contribution in [0.25, 0.3) is 0 Å². The van der Waals surface area contributed by atoms with Crippen molar-refractivity contribution in [1.29, 1.82) is 0 Å². The first kappa shape index (κ1) is 22.9. The largest absolute Gasteiger partial charge is 0.353 e. The molecule has 6 nitrogen and oxygen atoms in total. The van der Waals surface area contributed by atoms with Crippen LogP contribution in [0, 0.1) is 6.92 Å². The Hall–Kier alpha value is -2.37. The lowest BCUT2D eigenvalue weighted by Crippen LogP contribution is -2.58. The van der Waals surface area contributed by atoms with Crippen LogP contribution in [0.4, 0.5) is 5.69 Å². The lowest BCUT2D eigenvalue weighted by atomic mass is 10.0. The van der Waals surface area contributed by atoms with E-state index in [1.165, 1.54) is 25.7 Å². The number of hydrogen-bond acceptors (Lipinski definition) is 3. The van der Waals surface area contributed by atoms with E-state index in [-0.39, 0.29) is 24.1 Å². The Labute approximate surface area is 174 Å². The fourth-order valence-electron chi connectivity index (χ4n) is 3.62. The summed E-state index contributed by atoms with van der Waals surface area (Å²) in [6.07, 6.45) is 8.42. The Morgan fingerprint density at radius 3 is 2.41 bits per heavy atom. The smallest absolute Gasteiger partial charge is 0.243 e. The van der Waals surface area contributed by atoms with Crippen LogP contribution in [-0.2, 0) is 14.4 Å². The number of nitrogens with one attached hydrogen (secondary N) is 2. The van der Waals surface area contributed by atoms with Crippen LogP contribution in [-0.4, -0.2) is 41.8 Å². The zero-order chi connectivity index (χ0) is 21.1. The third-order valence-electron chi connectivity index (χ3n) is 5.36. The second-order valence-electron chi connectivity index (χ2n) is 7.88. The molecule has 1 saturated heterocycles. The first-order valence-corrected chi connectivity index (χ1v) is 10.9. The van der Waals surface area contributed by atoms with Crippen LogP contribution < -0.4 is 10.6 Å². The lowest BCUT2D eigenvalue weighted by molar-refractivity contribution is -0.144. The summed E-state index contributed by atoms with van der Waals surface area (Å²) in [5, 5.41) is 5.59. The topological polar surface area (TPSA) is 78.5 Å². The molecule has 160 valence electrons. The minimum atomic E-state index is -0.730. The molecule has 1 fully saturated rings. The van der Waals surface area contributed by atoms with Gasteiger partial charge in [-0.05, 0) is 25.5 Å². The number of unbranched alkanes of at least 4 members (excludes halogenated alkanes) is 6. The second kappa shape index (κ2) is 12.2. The molecule has 0 saturated carbocycles. The van der Waals surface area contributed by atoms with E-state index < -0.39 is 6.04 Å². The number of benzene rings is 1. The first-order chi connectivity index (χ1) is 14.0. The summed E-state index contributed by atoms with van der Waals surface area (Å²) >= 11 is 0. The highest BCUT2D eigenvalue weighted by atomic mass is 16.2. The lowest BCUT2D eigenvalue weighted by Gasteiger charge is -2.34. The van der Waals surface area contributed by atoms with Crippen molar-refractivity contribution in [2.75, 3.05) is 18.4 Å². The maximum absolute atomic E-state index is 12.7. The highest BCUT2D eigenvalue weighted by Gasteiger charge is 2.34. The molecule has 1 aromatic rings.